The largest absolute Gasteiger partial charge is 0.371 e. The number of benzene rings is 2. The molecule has 2 N–H and O–H groups in total. The lowest BCUT2D eigenvalue weighted by Gasteiger charge is -2.05. The number of likely N-dealkylation sites (N-methyl/N-ethyl adjacent to an activating group) is 1. The van der Waals surface area contributed by atoms with Gasteiger partial charge >= 0.3 is 0 Å². The van der Waals surface area contributed by atoms with Crippen LogP contribution in [0.4, 0.5) is 5.69 Å². The predicted molar refractivity (Wildman–Crippen MR) is 95.5 cm³/mol. The Morgan fingerprint density at radius 2 is 1.91 bits per heavy atom. The molecule has 1 aliphatic heterocycles. The summed E-state index contributed by atoms with van der Waals surface area (Å²) in [4.78, 5) is 4.55. The van der Waals surface area contributed by atoms with Gasteiger partial charge in [0.15, 0.2) is 5.84 Å². The standard InChI is InChI=1S/C16H14ClN3O.BH4/c1-18-15-10-20(21)16(11-5-3-2-4-6-11)13-9-12(17)7-8-14(13)19-15;/h2-9,21H,10H2,1H3;1H4/q;-1/p+1. The van der Waals surface area contributed by atoms with Gasteiger partial charge in [-0.25, -0.2) is 4.99 Å². The van der Waals surface area contributed by atoms with Crippen LogP contribution in [0.1, 0.15) is 11.1 Å². The molecule has 0 saturated heterocycles. The Morgan fingerprint density at radius 3 is 2.59 bits per heavy atom. The Morgan fingerprint density at radius 1 is 1.18 bits per heavy atom. The zero-order valence-corrected chi connectivity index (χ0v) is 12.3. The summed E-state index contributed by atoms with van der Waals surface area (Å²) in [5.74, 6) is 0.687. The molecule has 1 aliphatic rings. The van der Waals surface area contributed by atoms with Crippen molar-refractivity contribution in [2.75, 3.05) is 13.6 Å². The second-order valence-corrected chi connectivity index (χ2v) is 5.18. The fourth-order valence-corrected chi connectivity index (χ4v) is 2.54. The van der Waals surface area contributed by atoms with E-state index in [0.717, 1.165) is 16.8 Å². The topological polar surface area (TPSA) is 47.6 Å². The molecule has 6 heteroatoms. The summed E-state index contributed by atoms with van der Waals surface area (Å²) < 4.78 is 1.20. The van der Waals surface area contributed by atoms with Crippen molar-refractivity contribution >= 4 is 37.2 Å². The van der Waals surface area contributed by atoms with Gasteiger partial charge in [0.05, 0.1) is 16.8 Å². The maximum absolute atomic E-state index is 10.5. The second kappa shape index (κ2) is 6.66. The molecule has 0 saturated carbocycles. The number of nitrogens with one attached hydrogen (secondary N) is 1. The molecule has 114 valence electrons. The number of rotatable bonds is 1. The highest BCUT2D eigenvalue weighted by Crippen LogP contribution is 2.27. The van der Waals surface area contributed by atoms with Gasteiger partial charge in [-0.15, -0.1) is 0 Å². The first kappa shape index (κ1) is 16.1. The maximum Gasteiger partial charge on any atom is 0.267 e. The molecule has 0 amide bonds. The summed E-state index contributed by atoms with van der Waals surface area (Å²) in [6.07, 6.45) is 0. The molecule has 0 aliphatic carbocycles. The van der Waals surface area contributed by atoms with Gasteiger partial charge in [0.2, 0.25) is 6.54 Å². The number of hydroxylamine groups is 1. The highest BCUT2D eigenvalue weighted by molar-refractivity contribution is 6.31. The third kappa shape index (κ3) is 2.99. The molecule has 0 bridgehead atoms. The molecule has 4 nitrogen and oxygen atoms in total. The predicted octanol–water partition coefficient (Wildman–Crippen LogP) is 1.39. The maximum atomic E-state index is 10.5. The van der Waals surface area contributed by atoms with Crippen molar-refractivity contribution in [1.29, 1.82) is 0 Å². The van der Waals surface area contributed by atoms with Gasteiger partial charge in [0, 0.05) is 12.1 Å². The summed E-state index contributed by atoms with van der Waals surface area (Å²) in [6, 6.07) is 15.2. The van der Waals surface area contributed by atoms with Crippen molar-refractivity contribution in [3.63, 3.8) is 0 Å². The zero-order valence-electron chi connectivity index (χ0n) is 11.5. The van der Waals surface area contributed by atoms with Gasteiger partial charge < -0.3 is 5.32 Å². The van der Waals surface area contributed by atoms with E-state index in [-0.39, 0.29) is 15.0 Å². The van der Waals surface area contributed by atoms with Crippen LogP contribution in [-0.4, -0.2) is 43.5 Å². The molecule has 0 spiro atoms. The molecule has 0 aromatic heterocycles. The minimum absolute atomic E-state index is 0. The van der Waals surface area contributed by atoms with E-state index in [4.69, 9.17) is 11.6 Å². The smallest absolute Gasteiger partial charge is 0.267 e. The Kier molecular flexibility index (Phi) is 4.88. The van der Waals surface area contributed by atoms with Crippen molar-refractivity contribution in [3.8, 4) is 0 Å². The normalized spacial score (nSPS) is 13.6. The molecule has 2 aromatic rings. The fourth-order valence-electron chi connectivity index (χ4n) is 2.37. The van der Waals surface area contributed by atoms with Crippen LogP contribution in [0.2, 0.25) is 5.02 Å². The van der Waals surface area contributed by atoms with E-state index in [2.05, 4.69) is 10.3 Å². The van der Waals surface area contributed by atoms with E-state index in [1.807, 2.05) is 42.5 Å². The molecule has 0 unspecified atom stereocenters. The second-order valence-electron chi connectivity index (χ2n) is 4.74. The average Bonchev–Trinajstić information content (AvgIpc) is 2.63. The molecule has 0 atom stereocenters. The Hall–Kier alpha value is -2.27. The van der Waals surface area contributed by atoms with Crippen molar-refractivity contribution in [1.82, 2.24) is 5.32 Å². The minimum Gasteiger partial charge on any atom is -0.371 e. The SMILES string of the molecule is CNC1=Nc2ccc(Cl)cc2C(c2ccccc2)=[N+](O)C1.[BH4-]. The van der Waals surface area contributed by atoms with Gasteiger partial charge in [-0.3, -0.25) is 5.21 Å². The van der Waals surface area contributed by atoms with Crippen LogP contribution in [0, 0.1) is 0 Å². The Labute approximate surface area is 136 Å². The van der Waals surface area contributed by atoms with Crippen molar-refractivity contribution in [2.45, 2.75) is 0 Å². The lowest BCUT2D eigenvalue weighted by atomic mass is 10.0. The van der Waals surface area contributed by atoms with E-state index < -0.39 is 0 Å². The van der Waals surface area contributed by atoms with E-state index in [0.29, 0.717) is 16.6 Å². The fraction of sp³-hybridized carbons (Fsp3) is 0.125. The van der Waals surface area contributed by atoms with Crippen LogP contribution in [0.25, 0.3) is 0 Å². The zero-order chi connectivity index (χ0) is 14.8. The lowest BCUT2D eigenvalue weighted by molar-refractivity contribution is -0.764. The first-order valence-electron chi connectivity index (χ1n) is 6.63. The first-order valence-corrected chi connectivity index (χ1v) is 7.01. The molecule has 2 aromatic carbocycles. The number of halogens is 1. The number of amidine groups is 1. The molecule has 0 radical (unpaired) electrons. The summed E-state index contributed by atoms with van der Waals surface area (Å²) in [7, 11) is 1.79. The third-order valence-corrected chi connectivity index (χ3v) is 3.60. The van der Waals surface area contributed by atoms with E-state index in [1.54, 1.807) is 13.1 Å². The van der Waals surface area contributed by atoms with E-state index >= 15 is 0 Å². The minimum atomic E-state index is 0. The number of fused-ring (bicyclic) bond motifs is 1. The van der Waals surface area contributed by atoms with Gasteiger partial charge in [0.1, 0.15) is 0 Å². The van der Waals surface area contributed by atoms with Crippen LogP contribution < -0.4 is 5.32 Å². The summed E-state index contributed by atoms with van der Waals surface area (Å²) >= 11 is 6.12. The van der Waals surface area contributed by atoms with Crippen LogP contribution in [0.15, 0.2) is 53.5 Å². The molecule has 1 heterocycles. The number of nitrogens with zero attached hydrogens (tertiary/aromatic N) is 2. The molecule has 22 heavy (non-hydrogen) atoms. The summed E-state index contributed by atoms with van der Waals surface area (Å²) in [6.45, 7) is 0.285. The van der Waals surface area contributed by atoms with E-state index in [1.165, 1.54) is 4.74 Å². The van der Waals surface area contributed by atoms with Crippen LogP contribution in [0.3, 0.4) is 0 Å². The first-order chi connectivity index (χ1) is 10.2. The van der Waals surface area contributed by atoms with Gasteiger partial charge in [0.25, 0.3) is 5.71 Å². The number of aliphatic imine (C=N–C) groups is 1. The monoisotopic (exact) mass is 315 g/mol. The van der Waals surface area contributed by atoms with E-state index in [9.17, 15) is 5.21 Å². The molecular formula is C16H19BClN3O. The summed E-state index contributed by atoms with van der Waals surface area (Å²) in [5.41, 5.74) is 3.19. The van der Waals surface area contributed by atoms with Gasteiger partial charge in [-0.1, -0.05) is 38.2 Å². The molecule has 0 fully saturated rings. The highest BCUT2D eigenvalue weighted by atomic mass is 35.5. The number of hydrogen-bond acceptors (Lipinski definition) is 3. The van der Waals surface area contributed by atoms with Gasteiger partial charge in [-0.05, 0) is 35.1 Å². The average molecular weight is 316 g/mol. The van der Waals surface area contributed by atoms with Crippen molar-refractivity contribution < 1.29 is 9.95 Å². The Balaban J connectivity index is 0.00000176. The molecular weight excluding hydrogens is 296 g/mol. The molecule has 3 rings (SSSR count). The van der Waals surface area contributed by atoms with Crippen molar-refractivity contribution in [2.24, 2.45) is 4.99 Å². The Bertz CT molecular complexity index is 744. The lowest BCUT2D eigenvalue weighted by Crippen LogP contribution is -2.30. The highest BCUT2D eigenvalue weighted by Gasteiger charge is 2.27. The van der Waals surface area contributed by atoms with Crippen LogP contribution in [0.5, 0.6) is 0 Å². The number of hydrogen-bond donors (Lipinski definition) is 2. The third-order valence-electron chi connectivity index (χ3n) is 3.36. The summed E-state index contributed by atoms with van der Waals surface area (Å²) in [5, 5.41) is 14.1. The van der Waals surface area contributed by atoms with Crippen LogP contribution in [-0.2, 0) is 0 Å². The van der Waals surface area contributed by atoms with Crippen LogP contribution >= 0.6 is 11.6 Å². The van der Waals surface area contributed by atoms with Crippen molar-refractivity contribution in [3.05, 3.63) is 64.7 Å². The quantitative estimate of drug-likeness (QED) is 0.475. The van der Waals surface area contributed by atoms with Gasteiger partial charge in [-0.2, -0.15) is 0 Å².